The van der Waals surface area contributed by atoms with Gasteiger partial charge in [-0.2, -0.15) is 0 Å². The lowest BCUT2D eigenvalue weighted by Gasteiger charge is -2.32. The molecule has 1 aliphatic rings. The van der Waals surface area contributed by atoms with Crippen molar-refractivity contribution in [2.24, 2.45) is 5.92 Å². The summed E-state index contributed by atoms with van der Waals surface area (Å²) in [5.41, 5.74) is 1.19. The topological polar surface area (TPSA) is 30.5 Å². The minimum atomic E-state index is 0.373. The standard InChI is InChI=1S/C18H29NO2/c1-4-14-8-6-7-9-17(14)21-18-11-10-16(20-3)12-15(18)13-19-5-2/h10-12,14,17,19H,4-9,13H2,1-3H3. The third kappa shape index (κ3) is 4.37. The van der Waals surface area contributed by atoms with E-state index in [2.05, 4.69) is 31.3 Å². The van der Waals surface area contributed by atoms with Crippen molar-refractivity contribution in [3.05, 3.63) is 23.8 Å². The molecule has 1 aromatic carbocycles. The van der Waals surface area contributed by atoms with E-state index in [1.54, 1.807) is 7.11 Å². The normalized spacial score (nSPS) is 22.0. The maximum absolute atomic E-state index is 6.39. The van der Waals surface area contributed by atoms with E-state index in [1.165, 1.54) is 37.7 Å². The summed E-state index contributed by atoms with van der Waals surface area (Å²) in [6, 6.07) is 6.14. The van der Waals surface area contributed by atoms with E-state index in [0.717, 1.165) is 24.6 Å². The van der Waals surface area contributed by atoms with E-state index in [4.69, 9.17) is 9.47 Å². The Bertz CT molecular complexity index is 433. The van der Waals surface area contributed by atoms with Crippen LogP contribution in [0.25, 0.3) is 0 Å². The maximum Gasteiger partial charge on any atom is 0.124 e. The van der Waals surface area contributed by atoms with Gasteiger partial charge in [-0.05, 0) is 56.3 Å². The van der Waals surface area contributed by atoms with E-state index >= 15 is 0 Å². The molecular formula is C18H29NO2. The Balaban J connectivity index is 2.13. The maximum atomic E-state index is 6.39. The fourth-order valence-corrected chi connectivity index (χ4v) is 3.15. The van der Waals surface area contributed by atoms with E-state index in [9.17, 15) is 0 Å². The van der Waals surface area contributed by atoms with Crippen molar-refractivity contribution < 1.29 is 9.47 Å². The van der Waals surface area contributed by atoms with Crippen LogP contribution < -0.4 is 14.8 Å². The second kappa shape index (κ2) is 8.28. The molecule has 1 aliphatic carbocycles. The molecule has 2 rings (SSSR count). The summed E-state index contributed by atoms with van der Waals surface area (Å²) in [7, 11) is 1.71. The molecule has 0 aliphatic heterocycles. The molecule has 1 N–H and O–H groups in total. The molecule has 0 radical (unpaired) electrons. The van der Waals surface area contributed by atoms with E-state index in [1.807, 2.05) is 6.07 Å². The average molecular weight is 291 g/mol. The van der Waals surface area contributed by atoms with E-state index in [0.29, 0.717) is 12.0 Å². The zero-order chi connectivity index (χ0) is 15.1. The summed E-state index contributed by atoms with van der Waals surface area (Å²) < 4.78 is 11.7. The largest absolute Gasteiger partial charge is 0.497 e. The first-order valence-electron chi connectivity index (χ1n) is 8.32. The van der Waals surface area contributed by atoms with Crippen molar-refractivity contribution in [3.8, 4) is 11.5 Å². The van der Waals surface area contributed by atoms with Crippen LogP contribution in [0.2, 0.25) is 0 Å². The third-order valence-electron chi connectivity index (χ3n) is 4.48. The van der Waals surface area contributed by atoms with Gasteiger partial charge >= 0.3 is 0 Å². The smallest absolute Gasteiger partial charge is 0.124 e. The highest BCUT2D eigenvalue weighted by atomic mass is 16.5. The highest BCUT2D eigenvalue weighted by Crippen LogP contribution is 2.33. The Hall–Kier alpha value is -1.22. The molecular weight excluding hydrogens is 262 g/mol. The van der Waals surface area contributed by atoms with E-state index in [-0.39, 0.29) is 0 Å². The second-order valence-corrected chi connectivity index (χ2v) is 5.86. The van der Waals surface area contributed by atoms with Crippen LogP contribution in [0.3, 0.4) is 0 Å². The Morgan fingerprint density at radius 2 is 2.00 bits per heavy atom. The first kappa shape index (κ1) is 16.2. The zero-order valence-electron chi connectivity index (χ0n) is 13.7. The van der Waals surface area contributed by atoms with Gasteiger partial charge in [-0.15, -0.1) is 0 Å². The summed E-state index contributed by atoms with van der Waals surface area (Å²) in [5.74, 6) is 2.61. The van der Waals surface area contributed by atoms with Gasteiger partial charge in [0.1, 0.15) is 17.6 Å². The van der Waals surface area contributed by atoms with Crippen LogP contribution in [0, 0.1) is 5.92 Å². The van der Waals surface area contributed by atoms with Crippen molar-refractivity contribution in [1.82, 2.24) is 5.32 Å². The fraction of sp³-hybridized carbons (Fsp3) is 0.667. The van der Waals surface area contributed by atoms with Gasteiger partial charge in [0.05, 0.1) is 7.11 Å². The molecule has 21 heavy (non-hydrogen) atoms. The van der Waals surface area contributed by atoms with Crippen LogP contribution in [0.5, 0.6) is 11.5 Å². The van der Waals surface area contributed by atoms with Crippen LogP contribution in [0.4, 0.5) is 0 Å². The molecule has 0 aromatic heterocycles. The number of benzene rings is 1. The van der Waals surface area contributed by atoms with Crippen LogP contribution in [0.15, 0.2) is 18.2 Å². The number of hydrogen-bond donors (Lipinski definition) is 1. The van der Waals surface area contributed by atoms with Crippen molar-refractivity contribution >= 4 is 0 Å². The van der Waals surface area contributed by atoms with Gasteiger partial charge in [0.25, 0.3) is 0 Å². The molecule has 0 spiro atoms. The lowest BCUT2D eigenvalue weighted by atomic mass is 9.84. The summed E-state index contributed by atoms with van der Waals surface area (Å²) in [4.78, 5) is 0. The van der Waals surface area contributed by atoms with Gasteiger partial charge in [0.2, 0.25) is 0 Å². The molecule has 1 fully saturated rings. The van der Waals surface area contributed by atoms with Crippen molar-refractivity contribution in [3.63, 3.8) is 0 Å². The fourth-order valence-electron chi connectivity index (χ4n) is 3.15. The monoisotopic (exact) mass is 291 g/mol. The molecule has 2 atom stereocenters. The van der Waals surface area contributed by atoms with Gasteiger partial charge in [-0.3, -0.25) is 0 Å². The summed E-state index contributed by atoms with van der Waals surface area (Å²) in [6.45, 7) is 6.18. The van der Waals surface area contributed by atoms with Gasteiger partial charge in [-0.1, -0.05) is 20.3 Å². The number of hydrogen-bond acceptors (Lipinski definition) is 3. The molecule has 0 saturated heterocycles. The SMILES string of the molecule is CCNCc1cc(OC)ccc1OC1CCCCC1CC. The molecule has 1 saturated carbocycles. The summed E-state index contributed by atoms with van der Waals surface area (Å²) in [6.07, 6.45) is 6.72. The second-order valence-electron chi connectivity index (χ2n) is 5.86. The van der Waals surface area contributed by atoms with Crippen LogP contribution in [-0.4, -0.2) is 19.8 Å². The van der Waals surface area contributed by atoms with Gasteiger partial charge in [0.15, 0.2) is 0 Å². The lowest BCUT2D eigenvalue weighted by Crippen LogP contribution is -2.30. The number of nitrogens with one attached hydrogen (secondary N) is 1. The Kier molecular flexibility index (Phi) is 6.37. The summed E-state index contributed by atoms with van der Waals surface area (Å²) in [5, 5.41) is 3.38. The Morgan fingerprint density at radius 3 is 2.71 bits per heavy atom. The average Bonchev–Trinajstić information content (AvgIpc) is 2.54. The Morgan fingerprint density at radius 1 is 1.19 bits per heavy atom. The molecule has 3 nitrogen and oxygen atoms in total. The zero-order valence-corrected chi connectivity index (χ0v) is 13.7. The highest BCUT2D eigenvalue weighted by Gasteiger charge is 2.25. The molecule has 2 unspecified atom stereocenters. The minimum absolute atomic E-state index is 0.373. The molecule has 3 heteroatoms. The molecule has 0 heterocycles. The first-order valence-corrected chi connectivity index (χ1v) is 8.32. The minimum Gasteiger partial charge on any atom is -0.497 e. The number of ether oxygens (including phenoxy) is 2. The summed E-state index contributed by atoms with van der Waals surface area (Å²) >= 11 is 0. The predicted molar refractivity (Wildman–Crippen MR) is 87.0 cm³/mol. The van der Waals surface area contributed by atoms with Crippen LogP contribution >= 0.6 is 0 Å². The van der Waals surface area contributed by atoms with Crippen molar-refractivity contribution in [2.75, 3.05) is 13.7 Å². The Labute approximate surface area is 129 Å². The van der Waals surface area contributed by atoms with Gasteiger partial charge in [-0.25, -0.2) is 0 Å². The van der Waals surface area contributed by atoms with Crippen molar-refractivity contribution in [1.29, 1.82) is 0 Å². The molecule has 1 aromatic rings. The molecule has 0 amide bonds. The third-order valence-corrected chi connectivity index (χ3v) is 4.48. The van der Waals surface area contributed by atoms with Gasteiger partial charge < -0.3 is 14.8 Å². The predicted octanol–water partition coefficient (Wildman–Crippen LogP) is 4.15. The quantitative estimate of drug-likeness (QED) is 0.818. The lowest BCUT2D eigenvalue weighted by molar-refractivity contribution is 0.0892. The first-order chi connectivity index (χ1) is 10.3. The van der Waals surface area contributed by atoms with E-state index < -0.39 is 0 Å². The number of methoxy groups -OCH3 is 1. The van der Waals surface area contributed by atoms with Crippen LogP contribution in [-0.2, 0) is 6.54 Å². The van der Waals surface area contributed by atoms with Crippen LogP contribution in [0.1, 0.15) is 51.5 Å². The van der Waals surface area contributed by atoms with Gasteiger partial charge in [0, 0.05) is 12.1 Å². The number of rotatable bonds is 7. The highest BCUT2D eigenvalue weighted by molar-refractivity contribution is 5.40. The van der Waals surface area contributed by atoms with Crippen molar-refractivity contribution in [2.45, 2.75) is 58.6 Å². The molecule has 118 valence electrons. The molecule has 0 bridgehead atoms.